The summed E-state index contributed by atoms with van der Waals surface area (Å²) in [5, 5.41) is 7.19. The number of nitrogens with one attached hydrogen (secondary N) is 2. The summed E-state index contributed by atoms with van der Waals surface area (Å²) in [6, 6.07) is 25.8. The van der Waals surface area contributed by atoms with E-state index in [0.29, 0.717) is 0 Å². The monoisotopic (exact) mass is 336 g/mol. The summed E-state index contributed by atoms with van der Waals surface area (Å²) < 4.78 is 0. The van der Waals surface area contributed by atoms with Gasteiger partial charge in [-0.1, -0.05) is 84.9 Å². The molecule has 0 atom stereocenters. The van der Waals surface area contributed by atoms with Gasteiger partial charge in [0.25, 0.3) is 0 Å². The number of hydrogen-bond donors (Lipinski definition) is 2. The Morgan fingerprint density at radius 1 is 0.500 bits per heavy atom. The molecule has 3 aromatic rings. The van der Waals surface area contributed by atoms with Crippen LogP contribution in [0.2, 0.25) is 0 Å². The molecule has 0 aliphatic carbocycles. The fourth-order valence-corrected chi connectivity index (χ4v) is 3.93. The molecule has 0 radical (unpaired) electrons. The van der Waals surface area contributed by atoms with Crippen LogP contribution in [-0.4, -0.2) is 13.1 Å². The molecule has 2 aliphatic rings. The summed E-state index contributed by atoms with van der Waals surface area (Å²) in [6.45, 7) is 1.69. The molecule has 2 N–H and O–H groups in total. The third-order valence-electron chi connectivity index (χ3n) is 5.13. The van der Waals surface area contributed by atoms with Gasteiger partial charge in [0.05, 0.1) is 11.4 Å². The van der Waals surface area contributed by atoms with Crippen molar-refractivity contribution in [1.29, 1.82) is 0 Å². The van der Waals surface area contributed by atoms with Gasteiger partial charge in [-0.05, 0) is 22.3 Å². The van der Waals surface area contributed by atoms with Crippen molar-refractivity contribution in [1.82, 2.24) is 0 Å². The lowest BCUT2D eigenvalue weighted by Crippen LogP contribution is -2.16. The highest BCUT2D eigenvalue weighted by Crippen LogP contribution is 2.43. The Hall–Kier alpha value is -3.26. The van der Waals surface area contributed by atoms with E-state index in [-0.39, 0.29) is 0 Å². The van der Waals surface area contributed by atoms with Gasteiger partial charge < -0.3 is 10.6 Å². The molecule has 2 heterocycles. The maximum Gasteiger partial charge on any atom is 0.0664 e. The van der Waals surface area contributed by atoms with Gasteiger partial charge in [0.2, 0.25) is 0 Å². The minimum atomic E-state index is 0.847. The zero-order valence-corrected chi connectivity index (χ0v) is 14.5. The molecular formula is C24H20N2. The first kappa shape index (κ1) is 15.0. The summed E-state index contributed by atoms with van der Waals surface area (Å²) in [7, 11) is 0. The topological polar surface area (TPSA) is 24.1 Å². The molecule has 126 valence electrons. The first-order valence-electron chi connectivity index (χ1n) is 9.08. The summed E-state index contributed by atoms with van der Waals surface area (Å²) in [6.07, 6.45) is 4.56. The summed E-state index contributed by atoms with van der Waals surface area (Å²) in [4.78, 5) is 0. The van der Waals surface area contributed by atoms with Gasteiger partial charge in [0, 0.05) is 24.2 Å². The maximum atomic E-state index is 3.60. The number of hydrogen-bond acceptors (Lipinski definition) is 2. The predicted octanol–water partition coefficient (Wildman–Crippen LogP) is 5.40. The molecule has 2 heteroatoms. The van der Waals surface area contributed by atoms with Gasteiger partial charge in [-0.25, -0.2) is 0 Å². The predicted molar refractivity (Wildman–Crippen MR) is 110 cm³/mol. The number of benzene rings is 3. The molecule has 26 heavy (non-hydrogen) atoms. The van der Waals surface area contributed by atoms with Crippen LogP contribution in [0.15, 0.2) is 84.9 Å². The number of fused-ring (bicyclic) bond motifs is 3. The second-order valence-corrected chi connectivity index (χ2v) is 6.64. The third kappa shape index (κ3) is 2.42. The van der Waals surface area contributed by atoms with Crippen molar-refractivity contribution in [3.05, 3.63) is 107 Å². The highest BCUT2D eigenvalue weighted by atomic mass is 15.0. The Labute approximate surface area is 153 Å². The van der Waals surface area contributed by atoms with Gasteiger partial charge in [-0.3, -0.25) is 0 Å². The van der Waals surface area contributed by atoms with Crippen molar-refractivity contribution < 1.29 is 0 Å². The molecule has 0 amide bonds. The standard InChI is InChI=1S/C24H20N2/c1-3-7-17(8-4-1)19-13-15-25-23-21(19)11-12-22-20(14-16-26-24(22)23)18-9-5-2-6-10-18/h1-14,25-26H,15-16H2. The maximum absolute atomic E-state index is 3.60. The van der Waals surface area contributed by atoms with E-state index in [1.165, 1.54) is 44.8 Å². The normalized spacial score (nSPS) is 14.9. The Kier molecular flexibility index (Phi) is 3.60. The van der Waals surface area contributed by atoms with E-state index >= 15 is 0 Å². The van der Waals surface area contributed by atoms with Gasteiger partial charge >= 0.3 is 0 Å². The molecule has 2 aliphatic heterocycles. The smallest absolute Gasteiger partial charge is 0.0664 e. The van der Waals surface area contributed by atoms with E-state index in [2.05, 4.69) is 95.6 Å². The van der Waals surface area contributed by atoms with Crippen molar-refractivity contribution in [2.75, 3.05) is 23.7 Å². The lowest BCUT2D eigenvalue weighted by molar-refractivity contribution is 1.23. The molecule has 3 aromatic carbocycles. The second kappa shape index (κ2) is 6.23. The van der Waals surface area contributed by atoms with E-state index < -0.39 is 0 Å². The average Bonchev–Trinajstić information content (AvgIpc) is 2.74. The SMILES string of the molecule is C1=C(c2ccccc2)c2ccc3c(c2NC1)NCC=C3c1ccccc1. The first-order valence-corrected chi connectivity index (χ1v) is 9.08. The summed E-state index contributed by atoms with van der Waals surface area (Å²) >= 11 is 0. The number of rotatable bonds is 2. The molecule has 0 fully saturated rings. The van der Waals surface area contributed by atoms with Crippen molar-refractivity contribution >= 4 is 22.5 Å². The molecule has 0 bridgehead atoms. The van der Waals surface area contributed by atoms with E-state index in [0.717, 1.165) is 13.1 Å². The van der Waals surface area contributed by atoms with Crippen LogP contribution in [0.5, 0.6) is 0 Å². The largest absolute Gasteiger partial charge is 0.379 e. The summed E-state index contributed by atoms with van der Waals surface area (Å²) in [5.74, 6) is 0. The van der Waals surface area contributed by atoms with E-state index in [1.54, 1.807) is 0 Å². The molecule has 0 saturated carbocycles. The van der Waals surface area contributed by atoms with Crippen LogP contribution in [0.1, 0.15) is 22.3 Å². The van der Waals surface area contributed by atoms with Gasteiger partial charge in [0.1, 0.15) is 0 Å². The van der Waals surface area contributed by atoms with Crippen LogP contribution < -0.4 is 10.6 Å². The molecule has 0 aromatic heterocycles. The molecule has 5 rings (SSSR count). The van der Waals surface area contributed by atoms with Gasteiger partial charge in [0.15, 0.2) is 0 Å². The molecular weight excluding hydrogens is 316 g/mol. The van der Waals surface area contributed by atoms with Crippen molar-refractivity contribution in [2.45, 2.75) is 0 Å². The minimum Gasteiger partial charge on any atom is -0.379 e. The van der Waals surface area contributed by atoms with E-state index in [4.69, 9.17) is 0 Å². The lowest BCUT2D eigenvalue weighted by atomic mass is 9.87. The first-order chi connectivity index (χ1) is 12.9. The second-order valence-electron chi connectivity index (χ2n) is 6.64. The van der Waals surface area contributed by atoms with E-state index in [9.17, 15) is 0 Å². The minimum absolute atomic E-state index is 0.847. The molecule has 0 unspecified atom stereocenters. The Morgan fingerprint density at radius 2 is 0.923 bits per heavy atom. The molecule has 2 nitrogen and oxygen atoms in total. The number of anilines is 2. The summed E-state index contributed by atoms with van der Waals surface area (Å²) in [5.41, 5.74) is 10.1. The Morgan fingerprint density at radius 3 is 1.35 bits per heavy atom. The van der Waals surface area contributed by atoms with Crippen LogP contribution in [-0.2, 0) is 0 Å². The van der Waals surface area contributed by atoms with Crippen LogP contribution in [0.3, 0.4) is 0 Å². The van der Waals surface area contributed by atoms with Crippen LogP contribution in [0.25, 0.3) is 11.1 Å². The Balaban J connectivity index is 1.64. The highest BCUT2D eigenvalue weighted by molar-refractivity contribution is 6.00. The Bertz CT molecular complexity index is 930. The molecule has 0 spiro atoms. The van der Waals surface area contributed by atoms with Crippen molar-refractivity contribution in [2.24, 2.45) is 0 Å². The fourth-order valence-electron chi connectivity index (χ4n) is 3.93. The van der Waals surface area contributed by atoms with E-state index in [1.807, 2.05) is 0 Å². The lowest BCUT2D eigenvalue weighted by Gasteiger charge is -2.28. The van der Waals surface area contributed by atoms with Crippen LogP contribution >= 0.6 is 0 Å². The average molecular weight is 336 g/mol. The van der Waals surface area contributed by atoms with Crippen LogP contribution in [0, 0.1) is 0 Å². The quantitative estimate of drug-likeness (QED) is 0.654. The van der Waals surface area contributed by atoms with Crippen LogP contribution in [0.4, 0.5) is 11.4 Å². The van der Waals surface area contributed by atoms with Gasteiger partial charge in [-0.15, -0.1) is 0 Å². The fraction of sp³-hybridized carbons (Fsp3) is 0.0833. The molecule has 0 saturated heterocycles. The highest BCUT2D eigenvalue weighted by Gasteiger charge is 2.23. The third-order valence-corrected chi connectivity index (χ3v) is 5.13. The zero-order valence-electron chi connectivity index (χ0n) is 14.5. The van der Waals surface area contributed by atoms with Crippen molar-refractivity contribution in [3.63, 3.8) is 0 Å². The zero-order chi connectivity index (χ0) is 17.3. The van der Waals surface area contributed by atoms with Gasteiger partial charge in [-0.2, -0.15) is 0 Å². The van der Waals surface area contributed by atoms with Crippen molar-refractivity contribution in [3.8, 4) is 0 Å².